The van der Waals surface area contributed by atoms with Crippen LogP contribution in [-0.2, 0) is 23.2 Å². The van der Waals surface area contributed by atoms with E-state index >= 15 is 0 Å². The van der Waals surface area contributed by atoms with Gasteiger partial charge in [0.1, 0.15) is 12.6 Å². The summed E-state index contributed by atoms with van der Waals surface area (Å²) >= 11 is 1.55. The molecule has 3 heterocycles. The molecule has 0 radical (unpaired) electrons. The van der Waals surface area contributed by atoms with Gasteiger partial charge in [0.2, 0.25) is 12.0 Å². The minimum Gasteiger partial charge on any atom is -0.485 e. The number of hydrogen-bond acceptors (Lipinski definition) is 6. The highest BCUT2D eigenvalue weighted by Crippen LogP contribution is 2.34. The fourth-order valence-corrected chi connectivity index (χ4v) is 5.76. The van der Waals surface area contributed by atoms with Crippen LogP contribution in [0.2, 0.25) is 0 Å². The fraction of sp³-hybridized carbons (Fsp3) is 0.444. The molecule has 1 aliphatic heterocycles. The lowest BCUT2D eigenvalue weighted by Crippen LogP contribution is -2.52. The van der Waals surface area contributed by atoms with Crippen molar-refractivity contribution in [1.29, 1.82) is 0 Å². The Morgan fingerprint density at radius 3 is 2.64 bits per heavy atom. The van der Waals surface area contributed by atoms with Crippen LogP contribution in [-0.4, -0.2) is 45.2 Å². The maximum Gasteiger partial charge on any atom is 0.268 e. The molecule has 8 nitrogen and oxygen atoms in total. The molecule has 9 heteroatoms. The summed E-state index contributed by atoms with van der Waals surface area (Å²) in [6, 6.07) is 10.5. The fourth-order valence-electron chi connectivity index (χ4n) is 5.06. The zero-order valence-corrected chi connectivity index (χ0v) is 21.5. The van der Waals surface area contributed by atoms with E-state index in [2.05, 4.69) is 10.4 Å². The van der Waals surface area contributed by atoms with Crippen molar-refractivity contribution < 1.29 is 19.1 Å². The van der Waals surface area contributed by atoms with E-state index in [1.165, 1.54) is 6.42 Å². The highest BCUT2D eigenvalue weighted by atomic mass is 32.1. The van der Waals surface area contributed by atoms with Crippen LogP contribution in [0, 0.1) is 6.92 Å². The van der Waals surface area contributed by atoms with E-state index < -0.39 is 12.1 Å². The maximum atomic E-state index is 14.1. The third-order valence-corrected chi connectivity index (χ3v) is 7.69. The maximum absolute atomic E-state index is 14.1. The van der Waals surface area contributed by atoms with Crippen molar-refractivity contribution in [2.45, 2.75) is 63.8 Å². The van der Waals surface area contributed by atoms with Crippen LogP contribution < -0.4 is 14.8 Å². The first-order valence-electron chi connectivity index (χ1n) is 12.5. The number of nitrogens with zero attached hydrogens (tertiary/aromatic N) is 3. The van der Waals surface area contributed by atoms with Crippen LogP contribution in [0.1, 0.15) is 54.3 Å². The van der Waals surface area contributed by atoms with Gasteiger partial charge in [-0.25, -0.2) is 0 Å². The number of thiophene rings is 1. The van der Waals surface area contributed by atoms with Crippen LogP contribution in [0.3, 0.4) is 0 Å². The number of aryl methyl sites for hydroxylation is 2. The molecular formula is C27H32N4O4S. The molecule has 3 aromatic rings. The Bertz CT molecular complexity index is 1200. The van der Waals surface area contributed by atoms with Crippen molar-refractivity contribution in [3.63, 3.8) is 0 Å². The Balaban J connectivity index is 1.49. The van der Waals surface area contributed by atoms with E-state index in [9.17, 15) is 9.59 Å². The van der Waals surface area contributed by atoms with E-state index in [1.807, 2.05) is 55.9 Å². The summed E-state index contributed by atoms with van der Waals surface area (Å²) in [7, 11) is 1.83. The van der Waals surface area contributed by atoms with Crippen molar-refractivity contribution in [2.75, 3.05) is 6.61 Å². The zero-order valence-electron chi connectivity index (χ0n) is 20.7. The zero-order chi connectivity index (χ0) is 25.1. The predicted molar refractivity (Wildman–Crippen MR) is 137 cm³/mol. The second kappa shape index (κ2) is 10.7. The summed E-state index contributed by atoms with van der Waals surface area (Å²) in [5.74, 6) is 0.671. The van der Waals surface area contributed by atoms with Crippen LogP contribution in [0.25, 0.3) is 0 Å². The molecule has 2 unspecified atom stereocenters. The van der Waals surface area contributed by atoms with Gasteiger partial charge in [0, 0.05) is 29.7 Å². The van der Waals surface area contributed by atoms with Crippen molar-refractivity contribution in [3.05, 3.63) is 64.1 Å². The first-order chi connectivity index (χ1) is 17.5. The molecule has 1 aromatic carbocycles. The average Bonchev–Trinajstić information content (AvgIpc) is 3.52. The SMILES string of the molecule is Cc1nn(C)cc1C(C(=O)NC1CCCCC1)N(Cc1cccs1)C(=O)C1COc2ccccc2O1. The number of aromatic nitrogens is 2. The second-order valence-electron chi connectivity index (χ2n) is 9.50. The van der Waals surface area contributed by atoms with Gasteiger partial charge in [-0.1, -0.05) is 37.5 Å². The molecule has 1 N–H and O–H groups in total. The molecule has 1 fully saturated rings. The Hall–Kier alpha value is -3.33. The Labute approximate surface area is 215 Å². The standard InChI is InChI=1S/C27H32N4O4S/c1-18-21(16-30(2)29-18)25(26(32)28-19-9-4-3-5-10-19)31(15-20-11-8-14-36-20)27(33)24-17-34-22-12-6-7-13-23(22)35-24/h6-8,11-14,16,19,24-25H,3-5,9-10,15,17H2,1-2H3,(H,28,32). The molecule has 1 saturated carbocycles. The first-order valence-corrected chi connectivity index (χ1v) is 13.4. The summed E-state index contributed by atoms with van der Waals surface area (Å²) < 4.78 is 13.6. The molecular weight excluding hydrogens is 476 g/mol. The van der Waals surface area contributed by atoms with Gasteiger partial charge in [-0.2, -0.15) is 5.10 Å². The molecule has 2 atom stereocenters. The number of benzene rings is 1. The smallest absolute Gasteiger partial charge is 0.268 e. The Morgan fingerprint density at radius 1 is 1.17 bits per heavy atom. The first kappa shape index (κ1) is 24.4. The quantitative estimate of drug-likeness (QED) is 0.518. The third-order valence-electron chi connectivity index (χ3n) is 6.83. The largest absolute Gasteiger partial charge is 0.485 e. The monoisotopic (exact) mass is 508 g/mol. The minimum atomic E-state index is -0.859. The highest BCUT2D eigenvalue weighted by molar-refractivity contribution is 7.09. The number of amides is 2. The van der Waals surface area contributed by atoms with Crippen molar-refractivity contribution in [2.24, 2.45) is 7.05 Å². The molecule has 1 aliphatic carbocycles. The normalized spacial score (nSPS) is 18.4. The van der Waals surface area contributed by atoms with Crippen molar-refractivity contribution in [1.82, 2.24) is 20.0 Å². The van der Waals surface area contributed by atoms with Gasteiger partial charge in [-0.3, -0.25) is 14.3 Å². The third kappa shape index (κ3) is 5.26. The van der Waals surface area contributed by atoms with E-state index in [0.29, 0.717) is 17.1 Å². The summed E-state index contributed by atoms with van der Waals surface area (Å²) in [4.78, 5) is 30.6. The number of fused-ring (bicyclic) bond motifs is 1. The number of ether oxygens (including phenoxy) is 2. The number of para-hydroxylation sites is 2. The number of carbonyl (C=O) groups excluding carboxylic acids is 2. The molecule has 5 rings (SSSR count). The molecule has 2 amide bonds. The number of rotatable bonds is 7. The average molecular weight is 509 g/mol. The molecule has 0 bridgehead atoms. The summed E-state index contributed by atoms with van der Waals surface area (Å²) in [5.41, 5.74) is 1.43. The van der Waals surface area contributed by atoms with Gasteiger partial charge in [0.05, 0.1) is 12.2 Å². The predicted octanol–water partition coefficient (Wildman–Crippen LogP) is 4.15. The van der Waals surface area contributed by atoms with E-state index in [4.69, 9.17) is 9.47 Å². The summed E-state index contributed by atoms with van der Waals surface area (Å²) in [5, 5.41) is 9.71. The van der Waals surface area contributed by atoms with Crippen molar-refractivity contribution in [3.8, 4) is 11.5 Å². The van der Waals surface area contributed by atoms with Gasteiger partial charge in [0.25, 0.3) is 5.91 Å². The molecule has 2 aliphatic rings. The molecule has 0 saturated heterocycles. The lowest BCUT2D eigenvalue weighted by atomic mass is 9.94. The molecule has 190 valence electrons. The van der Waals surface area contributed by atoms with E-state index in [0.717, 1.165) is 36.3 Å². The second-order valence-corrected chi connectivity index (χ2v) is 10.5. The van der Waals surface area contributed by atoms with Crippen LogP contribution in [0.15, 0.2) is 48.0 Å². The van der Waals surface area contributed by atoms with E-state index in [-0.39, 0.29) is 31.0 Å². The molecule has 0 spiro atoms. The lowest BCUT2D eigenvalue weighted by molar-refractivity contribution is -0.149. The van der Waals surface area contributed by atoms with Gasteiger partial charge in [0.15, 0.2) is 11.5 Å². The number of nitrogens with one attached hydrogen (secondary N) is 1. The van der Waals surface area contributed by atoms with Crippen LogP contribution in [0.4, 0.5) is 0 Å². The van der Waals surface area contributed by atoms with Crippen LogP contribution >= 0.6 is 11.3 Å². The highest BCUT2D eigenvalue weighted by Gasteiger charge is 2.40. The van der Waals surface area contributed by atoms with E-state index in [1.54, 1.807) is 27.0 Å². The Morgan fingerprint density at radius 2 is 1.94 bits per heavy atom. The molecule has 36 heavy (non-hydrogen) atoms. The van der Waals surface area contributed by atoms with Gasteiger partial charge in [-0.15, -0.1) is 11.3 Å². The lowest BCUT2D eigenvalue weighted by Gasteiger charge is -2.36. The van der Waals surface area contributed by atoms with Gasteiger partial charge < -0.3 is 19.7 Å². The summed E-state index contributed by atoms with van der Waals surface area (Å²) in [6.45, 7) is 2.25. The van der Waals surface area contributed by atoms with Crippen LogP contribution in [0.5, 0.6) is 11.5 Å². The number of hydrogen-bond donors (Lipinski definition) is 1. The topological polar surface area (TPSA) is 85.7 Å². The molecule has 2 aromatic heterocycles. The van der Waals surface area contributed by atoms with Crippen molar-refractivity contribution >= 4 is 23.2 Å². The van der Waals surface area contributed by atoms with Gasteiger partial charge >= 0.3 is 0 Å². The minimum absolute atomic E-state index is 0.0831. The number of carbonyl (C=O) groups is 2. The Kier molecular flexibility index (Phi) is 7.27. The van der Waals surface area contributed by atoms with Gasteiger partial charge in [-0.05, 0) is 43.3 Å². The summed E-state index contributed by atoms with van der Waals surface area (Å²) in [6.07, 6.45) is 6.29.